The lowest BCUT2D eigenvalue weighted by atomic mass is 9.90. The maximum atomic E-state index is 6.09. The number of fused-ring (bicyclic) bond motifs is 2. The smallest absolute Gasteiger partial charge is 0.144 e. The van der Waals surface area contributed by atoms with E-state index in [-0.39, 0.29) is 6.10 Å². The second-order valence-electron chi connectivity index (χ2n) is 6.30. The average Bonchev–Trinajstić information content (AvgIpc) is 2.65. The van der Waals surface area contributed by atoms with Gasteiger partial charge in [-0.15, -0.1) is 0 Å². The molecule has 2 aliphatic rings. The first-order chi connectivity index (χ1) is 12.2. The molecule has 0 fully saturated rings. The van der Waals surface area contributed by atoms with Crippen LogP contribution < -0.4 is 9.64 Å². The second kappa shape index (κ2) is 6.37. The summed E-state index contributed by atoms with van der Waals surface area (Å²) in [5.41, 5.74) is 5.41. The zero-order chi connectivity index (χ0) is 17.2. The molecule has 1 aliphatic heterocycles. The van der Waals surface area contributed by atoms with Crippen LogP contribution in [0.3, 0.4) is 0 Å². The van der Waals surface area contributed by atoms with E-state index < -0.39 is 0 Å². The first-order valence-corrected chi connectivity index (χ1v) is 8.37. The van der Waals surface area contributed by atoms with Crippen molar-refractivity contribution in [3.05, 3.63) is 89.5 Å². The van der Waals surface area contributed by atoms with Gasteiger partial charge in [0.05, 0.1) is 0 Å². The number of nitrogens with zero attached hydrogens (tertiary/aromatic N) is 1. The minimum atomic E-state index is -0.0553. The normalized spacial score (nSPS) is 17.1. The summed E-state index contributed by atoms with van der Waals surface area (Å²) in [4.78, 5) is 2.08. The number of para-hydroxylation sites is 1. The Morgan fingerprint density at radius 3 is 2.52 bits per heavy atom. The minimum absolute atomic E-state index is 0.0553. The van der Waals surface area contributed by atoms with Gasteiger partial charge in [-0.1, -0.05) is 42.2 Å². The van der Waals surface area contributed by atoms with Crippen molar-refractivity contribution < 1.29 is 4.74 Å². The third-order valence-electron chi connectivity index (χ3n) is 4.39. The molecule has 25 heavy (non-hydrogen) atoms. The molecule has 0 amide bonds. The molecule has 0 N–H and O–H groups in total. The molecule has 2 aromatic rings. The molecule has 2 heteroatoms. The molecule has 1 unspecified atom stereocenters. The van der Waals surface area contributed by atoms with Gasteiger partial charge in [0.2, 0.25) is 0 Å². The van der Waals surface area contributed by atoms with Gasteiger partial charge in [-0.2, -0.15) is 0 Å². The fourth-order valence-corrected chi connectivity index (χ4v) is 3.04. The van der Waals surface area contributed by atoms with Gasteiger partial charge in [0.1, 0.15) is 11.9 Å². The van der Waals surface area contributed by atoms with Gasteiger partial charge in [-0.25, -0.2) is 0 Å². The van der Waals surface area contributed by atoms with Crippen molar-refractivity contribution in [2.75, 3.05) is 19.0 Å². The van der Waals surface area contributed by atoms with Crippen LogP contribution in [0.15, 0.2) is 78.4 Å². The highest BCUT2D eigenvalue weighted by Crippen LogP contribution is 2.37. The zero-order valence-electron chi connectivity index (χ0n) is 14.4. The lowest BCUT2D eigenvalue weighted by Crippen LogP contribution is -2.22. The molecule has 122 valence electrons. The van der Waals surface area contributed by atoms with E-state index in [4.69, 9.17) is 4.74 Å². The fraction of sp³-hybridized carbons (Fsp3) is 0.130. The summed E-state index contributed by atoms with van der Waals surface area (Å²) in [6.45, 7) is 0. The predicted octanol–water partition coefficient (Wildman–Crippen LogP) is 4.44. The van der Waals surface area contributed by atoms with E-state index in [0.717, 1.165) is 28.0 Å². The quantitative estimate of drug-likeness (QED) is 0.719. The summed E-state index contributed by atoms with van der Waals surface area (Å²) in [6, 6.07) is 16.4. The van der Waals surface area contributed by atoms with E-state index >= 15 is 0 Å². The molecular formula is C23H19NO. The summed E-state index contributed by atoms with van der Waals surface area (Å²) in [7, 11) is 4.07. The van der Waals surface area contributed by atoms with E-state index in [9.17, 15) is 0 Å². The fourth-order valence-electron chi connectivity index (χ4n) is 3.04. The number of rotatable bonds is 1. The van der Waals surface area contributed by atoms with E-state index in [0.29, 0.717) is 0 Å². The van der Waals surface area contributed by atoms with Crippen LogP contribution in [-0.4, -0.2) is 20.2 Å². The van der Waals surface area contributed by atoms with Crippen LogP contribution in [0.2, 0.25) is 0 Å². The highest BCUT2D eigenvalue weighted by atomic mass is 16.5. The molecule has 2 aromatic carbocycles. The molecule has 0 saturated heterocycles. The van der Waals surface area contributed by atoms with Gasteiger partial charge in [-0.05, 0) is 42.5 Å². The molecular weight excluding hydrogens is 306 g/mol. The van der Waals surface area contributed by atoms with Gasteiger partial charge in [-0.3, -0.25) is 0 Å². The van der Waals surface area contributed by atoms with Crippen LogP contribution >= 0.6 is 0 Å². The van der Waals surface area contributed by atoms with Crippen LogP contribution in [0.4, 0.5) is 5.69 Å². The summed E-state index contributed by atoms with van der Waals surface area (Å²) < 4.78 is 6.09. The van der Waals surface area contributed by atoms with Gasteiger partial charge >= 0.3 is 0 Å². The molecule has 0 radical (unpaired) electrons. The van der Waals surface area contributed by atoms with E-state index in [2.05, 4.69) is 59.2 Å². The largest absolute Gasteiger partial charge is 0.481 e. The number of hydrogen-bond acceptors (Lipinski definition) is 2. The summed E-state index contributed by atoms with van der Waals surface area (Å²) in [5.74, 6) is 7.60. The van der Waals surface area contributed by atoms with Crippen molar-refractivity contribution in [3.63, 3.8) is 0 Å². The number of allylic oxidation sites excluding steroid dienone is 3. The van der Waals surface area contributed by atoms with Crippen molar-refractivity contribution in [1.82, 2.24) is 0 Å². The lowest BCUT2D eigenvalue weighted by molar-refractivity contribution is 0.282. The first-order valence-electron chi connectivity index (χ1n) is 8.37. The van der Waals surface area contributed by atoms with Crippen LogP contribution in [0, 0.1) is 11.8 Å². The SMILES string of the molecule is CN(C)c1ccc(C#CC2=C3C=CC=CC3Oc3ccccc32)cc1. The molecule has 1 aliphatic carbocycles. The van der Waals surface area contributed by atoms with Crippen LogP contribution in [0.5, 0.6) is 5.75 Å². The van der Waals surface area contributed by atoms with Crippen LogP contribution in [0.1, 0.15) is 11.1 Å². The summed E-state index contributed by atoms with van der Waals surface area (Å²) >= 11 is 0. The van der Waals surface area contributed by atoms with Crippen molar-refractivity contribution in [2.24, 2.45) is 0 Å². The van der Waals surface area contributed by atoms with Crippen molar-refractivity contribution in [3.8, 4) is 17.6 Å². The van der Waals surface area contributed by atoms with Gasteiger partial charge < -0.3 is 9.64 Å². The minimum Gasteiger partial charge on any atom is -0.481 e. The zero-order valence-corrected chi connectivity index (χ0v) is 14.4. The molecule has 1 heterocycles. The van der Waals surface area contributed by atoms with Crippen molar-refractivity contribution >= 4 is 11.3 Å². The Morgan fingerprint density at radius 2 is 1.72 bits per heavy atom. The Morgan fingerprint density at radius 1 is 0.920 bits per heavy atom. The maximum Gasteiger partial charge on any atom is 0.144 e. The maximum absolute atomic E-state index is 6.09. The van der Waals surface area contributed by atoms with E-state index in [1.165, 1.54) is 5.69 Å². The van der Waals surface area contributed by atoms with E-state index in [1.54, 1.807) is 0 Å². The average molecular weight is 325 g/mol. The Hall–Kier alpha value is -3.18. The standard InChI is InChI=1S/C23H19NO/c1-24(2)18-14-11-17(12-15-18)13-16-19-20-7-3-5-9-22(20)25-23-10-6-4-8-21(19)23/h3-12,14-15,22H,1-2H3. The third kappa shape index (κ3) is 2.97. The monoisotopic (exact) mass is 325 g/mol. The van der Waals surface area contributed by atoms with Crippen LogP contribution in [-0.2, 0) is 0 Å². The van der Waals surface area contributed by atoms with Crippen molar-refractivity contribution in [2.45, 2.75) is 6.10 Å². The number of ether oxygens (including phenoxy) is 1. The Labute approximate surface area is 148 Å². The van der Waals surface area contributed by atoms with Gasteiger partial charge in [0.25, 0.3) is 0 Å². The summed E-state index contributed by atoms with van der Waals surface area (Å²) in [5, 5.41) is 0. The topological polar surface area (TPSA) is 12.5 Å². The Kier molecular flexibility index (Phi) is 3.91. The Bertz CT molecular complexity index is 950. The molecule has 4 rings (SSSR count). The molecule has 0 aromatic heterocycles. The van der Waals surface area contributed by atoms with Gasteiger partial charge in [0, 0.05) is 42.1 Å². The molecule has 0 bridgehead atoms. The third-order valence-corrected chi connectivity index (χ3v) is 4.39. The highest BCUT2D eigenvalue weighted by Gasteiger charge is 2.25. The van der Waals surface area contributed by atoms with Crippen molar-refractivity contribution in [1.29, 1.82) is 0 Å². The Balaban J connectivity index is 1.76. The molecule has 0 saturated carbocycles. The molecule has 1 atom stereocenters. The van der Waals surface area contributed by atoms with Crippen LogP contribution in [0.25, 0.3) is 5.57 Å². The highest BCUT2D eigenvalue weighted by molar-refractivity contribution is 5.88. The second-order valence-corrected chi connectivity index (χ2v) is 6.30. The number of anilines is 1. The lowest BCUT2D eigenvalue weighted by Gasteiger charge is -2.27. The molecule has 2 nitrogen and oxygen atoms in total. The number of hydrogen-bond donors (Lipinski definition) is 0. The van der Waals surface area contributed by atoms with Gasteiger partial charge in [0.15, 0.2) is 0 Å². The first kappa shape index (κ1) is 15.4. The van der Waals surface area contributed by atoms with E-state index in [1.807, 2.05) is 44.4 Å². The molecule has 0 spiro atoms. The summed E-state index contributed by atoms with van der Waals surface area (Å²) in [6.07, 6.45) is 8.17. The number of benzene rings is 2. The predicted molar refractivity (Wildman–Crippen MR) is 104 cm³/mol.